The minimum absolute atomic E-state index is 0.370. The first kappa shape index (κ1) is 13.7. The molecule has 0 saturated heterocycles. The van der Waals surface area contributed by atoms with Crippen LogP contribution in [0.4, 0.5) is 0 Å². The van der Waals surface area contributed by atoms with Gasteiger partial charge < -0.3 is 5.11 Å². The largest absolute Gasteiger partial charge is 0.480 e. The van der Waals surface area contributed by atoms with Gasteiger partial charge >= 0.3 is 5.97 Å². The molecule has 0 fully saturated rings. The third-order valence-corrected chi connectivity index (χ3v) is 3.09. The quantitative estimate of drug-likeness (QED) is 0.789. The molecule has 0 aliphatic heterocycles. The summed E-state index contributed by atoms with van der Waals surface area (Å²) in [4.78, 5) is 13.2. The smallest absolute Gasteiger partial charge is 0.320 e. The maximum atomic E-state index is 11.2. The summed E-state index contributed by atoms with van der Waals surface area (Å²) in [6.45, 7) is 5.56. The normalized spacial score (nSPS) is 12.6. The van der Waals surface area contributed by atoms with Crippen molar-refractivity contribution >= 4 is 5.97 Å². The zero-order chi connectivity index (χ0) is 12.7. The van der Waals surface area contributed by atoms with Gasteiger partial charge in [0, 0.05) is 0 Å². The molecule has 0 aromatic heterocycles. The van der Waals surface area contributed by atoms with E-state index in [1.165, 1.54) is 5.56 Å². The van der Waals surface area contributed by atoms with Gasteiger partial charge in [-0.1, -0.05) is 44.2 Å². The number of hydrogen-bond donors (Lipinski definition) is 1. The van der Waals surface area contributed by atoms with Crippen LogP contribution in [0.3, 0.4) is 0 Å². The maximum absolute atomic E-state index is 11.2. The lowest BCUT2D eigenvalue weighted by molar-refractivity contribution is -0.143. The number of likely N-dealkylation sites (N-methyl/N-ethyl adjacent to an activating group) is 1. The van der Waals surface area contributed by atoms with E-state index >= 15 is 0 Å². The molecule has 1 atom stereocenters. The minimum atomic E-state index is -0.718. The van der Waals surface area contributed by atoms with Crippen LogP contribution in [0.15, 0.2) is 30.3 Å². The van der Waals surface area contributed by atoms with E-state index in [-0.39, 0.29) is 6.04 Å². The lowest BCUT2D eigenvalue weighted by atomic mass is 10.0. The van der Waals surface area contributed by atoms with Crippen molar-refractivity contribution in [3.05, 3.63) is 35.9 Å². The molecule has 1 aromatic rings. The standard InChI is InChI=1S/C14H21NO2/c1-3-15(4-2)13(14(16)17)11-10-12-8-6-5-7-9-12/h5-9,13H,3-4,10-11H2,1-2H3,(H,16,17). The second-order valence-corrected chi connectivity index (χ2v) is 4.10. The van der Waals surface area contributed by atoms with E-state index in [1.807, 2.05) is 49.1 Å². The van der Waals surface area contributed by atoms with Crippen molar-refractivity contribution in [2.45, 2.75) is 32.7 Å². The molecule has 1 aromatic carbocycles. The number of carbonyl (C=O) groups is 1. The number of aliphatic carboxylic acids is 1. The molecule has 0 aliphatic rings. The zero-order valence-electron chi connectivity index (χ0n) is 10.6. The summed E-state index contributed by atoms with van der Waals surface area (Å²) in [6.07, 6.45) is 1.48. The van der Waals surface area contributed by atoms with Crippen molar-refractivity contribution < 1.29 is 9.90 Å². The third-order valence-electron chi connectivity index (χ3n) is 3.09. The fourth-order valence-electron chi connectivity index (χ4n) is 2.07. The Morgan fingerprint density at radius 2 is 1.82 bits per heavy atom. The SMILES string of the molecule is CCN(CC)C(CCc1ccccc1)C(=O)O. The van der Waals surface area contributed by atoms with Gasteiger partial charge in [-0.15, -0.1) is 0 Å². The molecular weight excluding hydrogens is 214 g/mol. The summed E-state index contributed by atoms with van der Waals surface area (Å²) in [7, 11) is 0. The number of nitrogens with zero attached hydrogens (tertiary/aromatic N) is 1. The Morgan fingerprint density at radius 1 is 1.24 bits per heavy atom. The molecule has 1 rings (SSSR count). The molecule has 94 valence electrons. The summed E-state index contributed by atoms with van der Waals surface area (Å²) in [6, 6.07) is 9.67. The summed E-state index contributed by atoms with van der Waals surface area (Å²) in [5.41, 5.74) is 1.20. The van der Waals surface area contributed by atoms with E-state index in [1.54, 1.807) is 0 Å². The molecule has 0 amide bonds. The number of rotatable bonds is 7. The Morgan fingerprint density at radius 3 is 2.29 bits per heavy atom. The average molecular weight is 235 g/mol. The van der Waals surface area contributed by atoms with Gasteiger partial charge in [0.15, 0.2) is 0 Å². The first-order chi connectivity index (χ1) is 8.19. The first-order valence-corrected chi connectivity index (χ1v) is 6.19. The predicted octanol–water partition coefficient (Wildman–Crippen LogP) is 2.41. The van der Waals surface area contributed by atoms with Crippen molar-refractivity contribution in [1.29, 1.82) is 0 Å². The molecule has 0 bridgehead atoms. The highest BCUT2D eigenvalue weighted by Gasteiger charge is 2.22. The topological polar surface area (TPSA) is 40.5 Å². The Hall–Kier alpha value is -1.35. The highest BCUT2D eigenvalue weighted by molar-refractivity contribution is 5.73. The maximum Gasteiger partial charge on any atom is 0.320 e. The van der Waals surface area contributed by atoms with Crippen molar-refractivity contribution in [3.63, 3.8) is 0 Å². The van der Waals surface area contributed by atoms with E-state index in [9.17, 15) is 9.90 Å². The molecule has 17 heavy (non-hydrogen) atoms. The second kappa shape index (κ2) is 7.07. The van der Waals surface area contributed by atoms with Gasteiger partial charge in [0.1, 0.15) is 6.04 Å². The molecule has 0 saturated carbocycles. The monoisotopic (exact) mass is 235 g/mol. The third kappa shape index (κ3) is 4.19. The second-order valence-electron chi connectivity index (χ2n) is 4.10. The number of carboxylic acids is 1. The van der Waals surface area contributed by atoms with Gasteiger partial charge in [0.25, 0.3) is 0 Å². The van der Waals surface area contributed by atoms with Crippen molar-refractivity contribution in [2.24, 2.45) is 0 Å². The van der Waals surface area contributed by atoms with Crippen LogP contribution in [-0.4, -0.2) is 35.1 Å². The van der Waals surface area contributed by atoms with E-state index in [0.717, 1.165) is 19.5 Å². The molecule has 0 heterocycles. The molecule has 0 radical (unpaired) electrons. The molecular formula is C14H21NO2. The van der Waals surface area contributed by atoms with Crippen LogP contribution in [-0.2, 0) is 11.2 Å². The molecule has 3 nitrogen and oxygen atoms in total. The summed E-state index contributed by atoms with van der Waals surface area (Å²) < 4.78 is 0. The van der Waals surface area contributed by atoms with E-state index in [4.69, 9.17) is 0 Å². The van der Waals surface area contributed by atoms with Crippen LogP contribution in [0.1, 0.15) is 25.8 Å². The van der Waals surface area contributed by atoms with Crippen molar-refractivity contribution in [2.75, 3.05) is 13.1 Å². The van der Waals surface area contributed by atoms with Crippen LogP contribution < -0.4 is 0 Å². The van der Waals surface area contributed by atoms with Gasteiger partial charge in [0.05, 0.1) is 0 Å². The number of carboxylic acid groups (broad SMARTS) is 1. The Kier molecular flexibility index (Phi) is 5.70. The Balaban J connectivity index is 2.59. The van der Waals surface area contributed by atoms with Crippen LogP contribution in [0.2, 0.25) is 0 Å². The van der Waals surface area contributed by atoms with E-state index in [2.05, 4.69) is 0 Å². The van der Waals surface area contributed by atoms with Crippen molar-refractivity contribution in [3.8, 4) is 0 Å². The fraction of sp³-hybridized carbons (Fsp3) is 0.500. The summed E-state index contributed by atoms with van der Waals surface area (Å²) in [5, 5.41) is 9.24. The van der Waals surface area contributed by atoms with Crippen LogP contribution in [0.5, 0.6) is 0 Å². The average Bonchev–Trinajstić information content (AvgIpc) is 2.35. The van der Waals surface area contributed by atoms with Gasteiger partial charge in [-0.25, -0.2) is 0 Å². The molecule has 0 aliphatic carbocycles. The van der Waals surface area contributed by atoms with Crippen LogP contribution >= 0.6 is 0 Å². The molecule has 3 heteroatoms. The number of hydrogen-bond acceptors (Lipinski definition) is 2. The van der Waals surface area contributed by atoms with Crippen LogP contribution in [0, 0.1) is 0 Å². The highest BCUT2D eigenvalue weighted by Crippen LogP contribution is 2.10. The number of aryl methyl sites for hydroxylation is 1. The zero-order valence-corrected chi connectivity index (χ0v) is 10.6. The van der Waals surface area contributed by atoms with E-state index in [0.29, 0.717) is 6.42 Å². The molecule has 1 unspecified atom stereocenters. The molecule has 1 N–H and O–H groups in total. The van der Waals surface area contributed by atoms with Crippen LogP contribution in [0.25, 0.3) is 0 Å². The Bertz CT molecular complexity index is 333. The number of benzene rings is 1. The van der Waals surface area contributed by atoms with Gasteiger partial charge in [0.2, 0.25) is 0 Å². The fourth-order valence-corrected chi connectivity index (χ4v) is 2.07. The first-order valence-electron chi connectivity index (χ1n) is 6.19. The lowest BCUT2D eigenvalue weighted by Crippen LogP contribution is -2.41. The lowest BCUT2D eigenvalue weighted by Gasteiger charge is -2.26. The molecule has 0 spiro atoms. The van der Waals surface area contributed by atoms with E-state index < -0.39 is 5.97 Å². The summed E-state index contributed by atoms with van der Waals surface area (Å²) in [5.74, 6) is -0.718. The van der Waals surface area contributed by atoms with Crippen molar-refractivity contribution in [1.82, 2.24) is 4.90 Å². The van der Waals surface area contributed by atoms with Gasteiger partial charge in [-0.2, -0.15) is 0 Å². The summed E-state index contributed by atoms with van der Waals surface area (Å²) >= 11 is 0. The van der Waals surface area contributed by atoms with Gasteiger partial charge in [-0.3, -0.25) is 9.69 Å². The van der Waals surface area contributed by atoms with Gasteiger partial charge in [-0.05, 0) is 31.5 Å². The minimum Gasteiger partial charge on any atom is -0.480 e. The highest BCUT2D eigenvalue weighted by atomic mass is 16.4. The Labute approximate surface area is 103 Å². The predicted molar refractivity (Wildman–Crippen MR) is 69.1 cm³/mol.